The van der Waals surface area contributed by atoms with Crippen molar-refractivity contribution >= 4 is 11.8 Å². The van der Waals surface area contributed by atoms with Crippen LogP contribution in [0, 0.1) is 0 Å². The number of nitrogens with zero attached hydrogens (tertiary/aromatic N) is 2. The summed E-state index contributed by atoms with van der Waals surface area (Å²) < 4.78 is 5.65. The summed E-state index contributed by atoms with van der Waals surface area (Å²) in [6, 6.07) is 10.6. The summed E-state index contributed by atoms with van der Waals surface area (Å²) >= 11 is 1.86. The van der Waals surface area contributed by atoms with Crippen LogP contribution in [0.2, 0.25) is 0 Å². The molecule has 0 unspecified atom stereocenters. The van der Waals surface area contributed by atoms with E-state index in [1.807, 2.05) is 11.8 Å². The number of thioether (sulfide) groups is 1. The molecule has 3 nitrogen and oxygen atoms in total. The predicted molar refractivity (Wildman–Crippen MR) is 77.3 cm³/mol. The van der Waals surface area contributed by atoms with Crippen LogP contribution in [0.3, 0.4) is 0 Å². The Kier molecular flexibility index (Phi) is 3.87. The van der Waals surface area contributed by atoms with E-state index in [0.717, 1.165) is 23.3 Å². The van der Waals surface area contributed by atoms with E-state index in [-0.39, 0.29) is 0 Å². The summed E-state index contributed by atoms with van der Waals surface area (Å²) in [6.07, 6.45) is 2.42. The van der Waals surface area contributed by atoms with Crippen LogP contribution in [0.4, 0.5) is 0 Å². The summed E-state index contributed by atoms with van der Waals surface area (Å²) in [5.74, 6) is 4.60. The van der Waals surface area contributed by atoms with Gasteiger partial charge in [0.1, 0.15) is 0 Å². The average molecular weight is 274 g/mol. The second-order valence-electron chi connectivity index (χ2n) is 5.14. The summed E-state index contributed by atoms with van der Waals surface area (Å²) in [5.41, 5.74) is 1.39. The van der Waals surface area contributed by atoms with Crippen molar-refractivity contribution in [3.8, 4) is 0 Å². The highest BCUT2D eigenvalue weighted by atomic mass is 32.2. The third-order valence-electron chi connectivity index (χ3n) is 3.37. The second-order valence-corrected chi connectivity index (χ2v) is 6.17. The fourth-order valence-corrected chi connectivity index (χ4v) is 2.98. The SMILES string of the molecule is C[C@@H](CSCc1nnc(C2CC2)o1)c1ccccc1. The van der Waals surface area contributed by atoms with Gasteiger partial charge in [-0.2, -0.15) is 11.8 Å². The third kappa shape index (κ3) is 3.38. The molecular weight excluding hydrogens is 256 g/mol. The molecule has 1 aliphatic carbocycles. The quantitative estimate of drug-likeness (QED) is 0.798. The first-order valence-electron chi connectivity index (χ1n) is 6.78. The number of hydrogen-bond acceptors (Lipinski definition) is 4. The number of aromatic nitrogens is 2. The largest absolute Gasteiger partial charge is 0.424 e. The van der Waals surface area contributed by atoms with Gasteiger partial charge in [-0.3, -0.25) is 0 Å². The van der Waals surface area contributed by atoms with E-state index < -0.39 is 0 Å². The Morgan fingerprint density at radius 3 is 2.79 bits per heavy atom. The summed E-state index contributed by atoms with van der Waals surface area (Å²) in [6.45, 7) is 2.26. The van der Waals surface area contributed by atoms with Crippen LogP contribution in [0.25, 0.3) is 0 Å². The van der Waals surface area contributed by atoms with Gasteiger partial charge in [0.2, 0.25) is 11.8 Å². The van der Waals surface area contributed by atoms with Gasteiger partial charge in [-0.1, -0.05) is 37.3 Å². The minimum absolute atomic E-state index is 0.550. The van der Waals surface area contributed by atoms with Crippen molar-refractivity contribution in [2.24, 2.45) is 0 Å². The highest BCUT2D eigenvalue weighted by Gasteiger charge is 2.29. The lowest BCUT2D eigenvalue weighted by Crippen LogP contribution is -1.97. The van der Waals surface area contributed by atoms with Crippen molar-refractivity contribution in [2.45, 2.75) is 37.4 Å². The summed E-state index contributed by atoms with van der Waals surface area (Å²) in [4.78, 5) is 0. The third-order valence-corrected chi connectivity index (χ3v) is 4.56. The van der Waals surface area contributed by atoms with Gasteiger partial charge in [0.25, 0.3) is 0 Å². The lowest BCUT2D eigenvalue weighted by molar-refractivity contribution is 0.466. The minimum Gasteiger partial charge on any atom is -0.424 e. The molecule has 0 N–H and O–H groups in total. The molecule has 1 atom stereocenters. The predicted octanol–water partition coefficient (Wildman–Crippen LogP) is 3.98. The molecule has 0 amide bonds. The maximum atomic E-state index is 5.65. The maximum Gasteiger partial charge on any atom is 0.226 e. The molecule has 0 radical (unpaired) electrons. The van der Waals surface area contributed by atoms with Crippen LogP contribution in [-0.2, 0) is 5.75 Å². The van der Waals surface area contributed by atoms with Crippen molar-refractivity contribution in [1.82, 2.24) is 10.2 Å². The van der Waals surface area contributed by atoms with Crippen LogP contribution in [-0.4, -0.2) is 16.0 Å². The number of hydrogen-bond donors (Lipinski definition) is 0. The molecular formula is C15H18N2OS. The zero-order valence-corrected chi connectivity index (χ0v) is 11.9. The van der Waals surface area contributed by atoms with Gasteiger partial charge in [-0.15, -0.1) is 10.2 Å². The van der Waals surface area contributed by atoms with Crippen molar-refractivity contribution in [2.75, 3.05) is 5.75 Å². The standard InChI is InChI=1S/C15H18N2OS/c1-11(12-5-3-2-4-6-12)9-19-10-14-16-17-15(18-14)13-7-8-13/h2-6,11,13H,7-10H2,1H3/t11-/m0/s1. The molecule has 0 spiro atoms. The van der Waals surface area contributed by atoms with Gasteiger partial charge >= 0.3 is 0 Å². The van der Waals surface area contributed by atoms with E-state index in [9.17, 15) is 0 Å². The molecule has 4 heteroatoms. The van der Waals surface area contributed by atoms with Gasteiger partial charge in [0.15, 0.2) is 0 Å². The van der Waals surface area contributed by atoms with E-state index in [4.69, 9.17) is 4.42 Å². The molecule has 0 bridgehead atoms. The highest BCUT2D eigenvalue weighted by molar-refractivity contribution is 7.98. The lowest BCUT2D eigenvalue weighted by Gasteiger charge is -2.10. The number of benzene rings is 1. The Hall–Kier alpha value is -1.29. The van der Waals surface area contributed by atoms with Gasteiger partial charge in [-0.25, -0.2) is 0 Å². The smallest absolute Gasteiger partial charge is 0.226 e. The van der Waals surface area contributed by atoms with Gasteiger partial charge in [0, 0.05) is 11.7 Å². The fourth-order valence-electron chi connectivity index (χ4n) is 2.02. The van der Waals surface area contributed by atoms with Crippen molar-refractivity contribution in [3.63, 3.8) is 0 Å². The lowest BCUT2D eigenvalue weighted by atomic mass is 10.0. The molecule has 3 rings (SSSR count). The Balaban J connectivity index is 1.47. The van der Waals surface area contributed by atoms with Crippen LogP contribution in [0.5, 0.6) is 0 Å². The Labute approximate surface area is 117 Å². The molecule has 1 aliphatic rings. The Morgan fingerprint density at radius 2 is 2.05 bits per heavy atom. The number of rotatable bonds is 6. The molecule has 1 fully saturated rings. The van der Waals surface area contributed by atoms with Gasteiger partial charge in [-0.05, 0) is 24.3 Å². The zero-order valence-electron chi connectivity index (χ0n) is 11.1. The van der Waals surface area contributed by atoms with Crippen molar-refractivity contribution < 1.29 is 4.42 Å². The minimum atomic E-state index is 0.550. The first-order chi connectivity index (χ1) is 9.33. The van der Waals surface area contributed by atoms with E-state index in [2.05, 4.69) is 47.5 Å². The topological polar surface area (TPSA) is 38.9 Å². The fraction of sp³-hybridized carbons (Fsp3) is 0.467. The molecule has 100 valence electrons. The zero-order chi connectivity index (χ0) is 13.1. The monoisotopic (exact) mass is 274 g/mol. The molecule has 1 aromatic heterocycles. The van der Waals surface area contributed by atoms with Crippen molar-refractivity contribution in [3.05, 3.63) is 47.7 Å². The van der Waals surface area contributed by atoms with E-state index in [0.29, 0.717) is 11.8 Å². The van der Waals surface area contributed by atoms with E-state index >= 15 is 0 Å². The average Bonchev–Trinajstić information content (AvgIpc) is 3.20. The summed E-state index contributed by atoms with van der Waals surface area (Å²) in [7, 11) is 0. The molecule has 1 saturated carbocycles. The molecule has 1 heterocycles. The molecule has 19 heavy (non-hydrogen) atoms. The maximum absolute atomic E-state index is 5.65. The highest BCUT2D eigenvalue weighted by Crippen LogP contribution is 2.39. The van der Waals surface area contributed by atoms with Gasteiger partial charge < -0.3 is 4.42 Å². The first-order valence-corrected chi connectivity index (χ1v) is 7.93. The second kappa shape index (κ2) is 5.78. The molecule has 2 aromatic rings. The summed E-state index contributed by atoms with van der Waals surface area (Å²) in [5, 5.41) is 8.21. The van der Waals surface area contributed by atoms with E-state index in [1.54, 1.807) is 0 Å². The Bertz CT molecular complexity index is 522. The van der Waals surface area contributed by atoms with Crippen molar-refractivity contribution in [1.29, 1.82) is 0 Å². The molecule has 0 saturated heterocycles. The van der Waals surface area contributed by atoms with Crippen LogP contribution < -0.4 is 0 Å². The normalized spacial score (nSPS) is 16.5. The van der Waals surface area contributed by atoms with Crippen LogP contribution >= 0.6 is 11.8 Å². The first kappa shape index (κ1) is 12.7. The van der Waals surface area contributed by atoms with Gasteiger partial charge in [0.05, 0.1) is 5.75 Å². The van der Waals surface area contributed by atoms with Crippen LogP contribution in [0.1, 0.15) is 48.9 Å². The Morgan fingerprint density at radius 1 is 1.26 bits per heavy atom. The van der Waals surface area contributed by atoms with Crippen LogP contribution in [0.15, 0.2) is 34.7 Å². The molecule has 0 aliphatic heterocycles. The van der Waals surface area contributed by atoms with E-state index in [1.165, 1.54) is 18.4 Å². The molecule has 1 aromatic carbocycles.